The van der Waals surface area contributed by atoms with Crippen molar-refractivity contribution in [2.24, 2.45) is 0 Å². The molecule has 1 aliphatic carbocycles. The average molecular weight is 366 g/mol. The molecule has 1 aliphatic rings. The van der Waals surface area contributed by atoms with Crippen molar-refractivity contribution in [3.8, 4) is 0 Å². The van der Waals surface area contributed by atoms with Crippen LogP contribution in [0.25, 0.3) is 0 Å². The highest BCUT2D eigenvalue weighted by molar-refractivity contribution is 7.99. The molecular weight excluding hydrogens is 346 g/mol. The third kappa shape index (κ3) is 4.08. The Morgan fingerprint density at radius 3 is 2.96 bits per heavy atom. The van der Waals surface area contributed by atoms with E-state index >= 15 is 0 Å². The smallest absolute Gasteiger partial charge is 0.234 e. The normalized spacial score (nSPS) is 15.4. The lowest BCUT2D eigenvalue weighted by atomic mass is 9.96. The molecule has 1 N–H and O–H groups in total. The minimum atomic E-state index is -0.0939. The van der Waals surface area contributed by atoms with Gasteiger partial charge in [0, 0.05) is 10.7 Å². The van der Waals surface area contributed by atoms with Gasteiger partial charge >= 0.3 is 0 Å². The largest absolute Gasteiger partial charge is 0.325 e. The first-order chi connectivity index (χ1) is 11.6. The zero-order valence-electron chi connectivity index (χ0n) is 13.5. The number of anilines is 1. The van der Waals surface area contributed by atoms with Gasteiger partial charge in [0.05, 0.1) is 11.8 Å². The van der Waals surface area contributed by atoms with E-state index in [9.17, 15) is 4.79 Å². The molecule has 0 atom stereocenters. The second kappa shape index (κ2) is 7.98. The molecule has 0 unspecified atom stereocenters. The van der Waals surface area contributed by atoms with E-state index in [0.717, 1.165) is 24.1 Å². The quantitative estimate of drug-likeness (QED) is 0.814. The van der Waals surface area contributed by atoms with Crippen LogP contribution in [0, 0.1) is 6.92 Å². The molecule has 24 heavy (non-hydrogen) atoms. The van der Waals surface area contributed by atoms with Crippen molar-refractivity contribution in [2.45, 2.75) is 50.2 Å². The van der Waals surface area contributed by atoms with Crippen LogP contribution in [-0.2, 0) is 4.79 Å². The molecule has 1 amide bonds. The summed E-state index contributed by atoms with van der Waals surface area (Å²) in [6.07, 6.45) is 5.91. The predicted octanol–water partition coefficient (Wildman–Crippen LogP) is 3.87. The maximum atomic E-state index is 12.2. The van der Waals surface area contributed by atoms with E-state index in [0.29, 0.717) is 16.2 Å². The van der Waals surface area contributed by atoms with E-state index in [1.165, 1.54) is 31.0 Å². The minimum Gasteiger partial charge on any atom is -0.325 e. The van der Waals surface area contributed by atoms with Crippen molar-refractivity contribution < 1.29 is 4.79 Å². The maximum Gasteiger partial charge on any atom is 0.234 e. The highest BCUT2D eigenvalue weighted by atomic mass is 35.5. The second-order valence-corrected chi connectivity index (χ2v) is 7.30. The molecule has 2 aromatic rings. The lowest BCUT2D eigenvalue weighted by Gasteiger charge is -2.21. The summed E-state index contributed by atoms with van der Waals surface area (Å²) < 4.78 is 1.88. The van der Waals surface area contributed by atoms with Crippen LogP contribution in [0.15, 0.2) is 23.4 Å². The van der Waals surface area contributed by atoms with Gasteiger partial charge in [0.25, 0.3) is 0 Å². The van der Waals surface area contributed by atoms with Crippen LogP contribution in [0.1, 0.15) is 43.7 Å². The Labute approximate surface area is 150 Å². The lowest BCUT2D eigenvalue weighted by molar-refractivity contribution is -0.113. The van der Waals surface area contributed by atoms with Gasteiger partial charge in [0.1, 0.15) is 0 Å². The Morgan fingerprint density at radius 2 is 2.17 bits per heavy atom. The number of carbonyl (C=O) groups excluding carboxylic acids is 1. The van der Waals surface area contributed by atoms with E-state index in [1.807, 2.05) is 23.7 Å². The Hall–Kier alpha value is -1.60. The standard InChI is InChI=1S/C16H20ClN5OS/c1-11-13(17)8-5-9-14(11)18-15(23)10-24-16-19-20-21-22(16)12-6-3-2-4-7-12/h5,8-9,12H,2-4,6-7,10H2,1H3,(H,18,23). The van der Waals surface area contributed by atoms with E-state index in [1.54, 1.807) is 6.07 Å². The molecule has 0 bridgehead atoms. The van der Waals surface area contributed by atoms with Crippen LogP contribution in [0.4, 0.5) is 5.69 Å². The van der Waals surface area contributed by atoms with E-state index in [2.05, 4.69) is 20.8 Å². The number of carbonyl (C=O) groups is 1. The van der Waals surface area contributed by atoms with Gasteiger partial charge in [0.15, 0.2) is 0 Å². The van der Waals surface area contributed by atoms with Crippen molar-refractivity contribution in [3.63, 3.8) is 0 Å². The number of amides is 1. The van der Waals surface area contributed by atoms with Gasteiger partial charge in [-0.3, -0.25) is 4.79 Å². The Kier molecular flexibility index (Phi) is 5.73. The monoisotopic (exact) mass is 365 g/mol. The van der Waals surface area contributed by atoms with Crippen molar-refractivity contribution in [1.29, 1.82) is 0 Å². The Balaban J connectivity index is 1.59. The topological polar surface area (TPSA) is 72.7 Å². The summed E-state index contributed by atoms with van der Waals surface area (Å²) in [4.78, 5) is 12.2. The molecular formula is C16H20ClN5OS. The molecule has 0 radical (unpaired) electrons. The lowest BCUT2D eigenvalue weighted by Crippen LogP contribution is -2.18. The number of aromatic nitrogens is 4. The zero-order chi connectivity index (χ0) is 16.9. The molecule has 8 heteroatoms. The molecule has 128 valence electrons. The fraction of sp³-hybridized carbons (Fsp3) is 0.500. The number of rotatable bonds is 5. The van der Waals surface area contributed by atoms with Gasteiger partial charge < -0.3 is 5.32 Å². The van der Waals surface area contributed by atoms with E-state index in [4.69, 9.17) is 11.6 Å². The van der Waals surface area contributed by atoms with Gasteiger partial charge in [-0.15, -0.1) is 5.10 Å². The number of thioether (sulfide) groups is 1. The molecule has 0 spiro atoms. The van der Waals surface area contributed by atoms with Crippen molar-refractivity contribution in [1.82, 2.24) is 20.2 Å². The molecule has 1 saturated carbocycles. The van der Waals surface area contributed by atoms with Gasteiger partial charge in [-0.2, -0.15) is 0 Å². The van der Waals surface area contributed by atoms with Crippen LogP contribution in [0.2, 0.25) is 5.02 Å². The zero-order valence-corrected chi connectivity index (χ0v) is 15.1. The summed E-state index contributed by atoms with van der Waals surface area (Å²) in [6, 6.07) is 5.83. The number of halogens is 1. The SMILES string of the molecule is Cc1c(Cl)cccc1NC(=O)CSc1nnnn1C1CCCCC1. The highest BCUT2D eigenvalue weighted by Gasteiger charge is 2.20. The van der Waals surface area contributed by atoms with Gasteiger partial charge in [-0.05, 0) is 47.9 Å². The predicted molar refractivity (Wildman–Crippen MR) is 95.5 cm³/mol. The fourth-order valence-electron chi connectivity index (χ4n) is 2.89. The Bertz CT molecular complexity index is 714. The first-order valence-corrected chi connectivity index (χ1v) is 9.47. The first kappa shape index (κ1) is 17.2. The molecule has 0 aliphatic heterocycles. The fourth-order valence-corrected chi connectivity index (χ4v) is 3.81. The average Bonchev–Trinajstić information content (AvgIpc) is 3.06. The number of nitrogens with one attached hydrogen (secondary N) is 1. The van der Waals surface area contributed by atoms with Crippen LogP contribution in [0.5, 0.6) is 0 Å². The van der Waals surface area contributed by atoms with Crippen LogP contribution in [-0.4, -0.2) is 31.9 Å². The number of nitrogens with zero attached hydrogens (tertiary/aromatic N) is 4. The van der Waals surface area contributed by atoms with Crippen LogP contribution < -0.4 is 5.32 Å². The van der Waals surface area contributed by atoms with E-state index in [-0.39, 0.29) is 11.7 Å². The highest BCUT2D eigenvalue weighted by Crippen LogP contribution is 2.30. The summed E-state index contributed by atoms with van der Waals surface area (Å²) in [5.74, 6) is 0.169. The molecule has 0 saturated heterocycles. The summed E-state index contributed by atoms with van der Waals surface area (Å²) in [7, 11) is 0. The first-order valence-electron chi connectivity index (χ1n) is 8.11. The number of hydrogen-bond donors (Lipinski definition) is 1. The summed E-state index contributed by atoms with van der Waals surface area (Å²) in [5, 5.41) is 16.2. The molecule has 1 fully saturated rings. The van der Waals surface area contributed by atoms with Gasteiger partial charge in [-0.25, -0.2) is 4.68 Å². The number of tetrazole rings is 1. The number of hydrogen-bond acceptors (Lipinski definition) is 5. The number of benzene rings is 1. The third-order valence-corrected chi connectivity index (χ3v) is 5.60. The summed E-state index contributed by atoms with van der Waals surface area (Å²) >= 11 is 7.44. The summed E-state index contributed by atoms with van der Waals surface area (Å²) in [6.45, 7) is 1.88. The molecule has 1 aromatic carbocycles. The van der Waals surface area contributed by atoms with Crippen molar-refractivity contribution in [3.05, 3.63) is 28.8 Å². The maximum absolute atomic E-state index is 12.2. The molecule has 6 nitrogen and oxygen atoms in total. The van der Waals surface area contributed by atoms with Crippen LogP contribution in [0.3, 0.4) is 0 Å². The third-order valence-electron chi connectivity index (χ3n) is 4.26. The van der Waals surface area contributed by atoms with Crippen LogP contribution >= 0.6 is 23.4 Å². The molecule has 3 rings (SSSR count). The van der Waals surface area contributed by atoms with Gasteiger partial charge in [-0.1, -0.05) is 48.7 Å². The van der Waals surface area contributed by atoms with E-state index < -0.39 is 0 Å². The minimum absolute atomic E-state index is 0.0939. The molecule has 1 aromatic heterocycles. The summed E-state index contributed by atoms with van der Waals surface area (Å²) in [5.41, 5.74) is 1.60. The van der Waals surface area contributed by atoms with Gasteiger partial charge in [0.2, 0.25) is 11.1 Å². The second-order valence-electron chi connectivity index (χ2n) is 5.95. The van der Waals surface area contributed by atoms with Crippen molar-refractivity contribution in [2.75, 3.05) is 11.1 Å². The molecule has 1 heterocycles. The van der Waals surface area contributed by atoms with Crippen molar-refractivity contribution >= 4 is 35.0 Å². The Morgan fingerprint density at radius 1 is 1.38 bits per heavy atom.